The van der Waals surface area contributed by atoms with Crippen LogP contribution in [0.15, 0.2) is 43.0 Å². The van der Waals surface area contributed by atoms with E-state index < -0.39 is 60.4 Å². The fourth-order valence-electron chi connectivity index (χ4n) is 3.65. The number of alkyl halides is 7. The van der Waals surface area contributed by atoms with E-state index in [2.05, 4.69) is 20.0 Å². The number of carbonyl (C=O) groups excluding carboxylic acids is 2. The maximum atomic E-state index is 14.0. The second-order valence-electron chi connectivity index (χ2n) is 7.76. The highest BCUT2D eigenvalue weighted by Gasteiger charge is 2.40. The molecule has 1 aliphatic carbocycles. The van der Waals surface area contributed by atoms with Gasteiger partial charge in [0.1, 0.15) is 18.1 Å². The zero-order valence-corrected chi connectivity index (χ0v) is 18.6. The van der Waals surface area contributed by atoms with Gasteiger partial charge < -0.3 is 10.1 Å². The first-order valence-corrected chi connectivity index (χ1v) is 10.7. The van der Waals surface area contributed by atoms with Gasteiger partial charge in [0.25, 0.3) is 11.5 Å². The fourth-order valence-corrected chi connectivity index (χ4v) is 3.76. The Labute approximate surface area is 200 Å². The van der Waals surface area contributed by atoms with Crippen molar-refractivity contribution in [2.75, 3.05) is 4.90 Å². The van der Waals surface area contributed by atoms with E-state index in [1.807, 2.05) is 0 Å². The van der Waals surface area contributed by atoms with Crippen LogP contribution in [0.2, 0.25) is 0 Å². The number of aromatic nitrogens is 2. The lowest BCUT2D eigenvalue weighted by molar-refractivity contribution is -0.274. The zero-order valence-electron chi connectivity index (χ0n) is 17.8. The highest BCUT2D eigenvalue weighted by atomic mass is 35.5. The number of amides is 2. The van der Waals surface area contributed by atoms with Crippen LogP contribution < -0.4 is 15.0 Å². The molecule has 35 heavy (non-hydrogen) atoms. The van der Waals surface area contributed by atoms with Gasteiger partial charge in [-0.15, -0.1) is 13.2 Å². The summed E-state index contributed by atoms with van der Waals surface area (Å²) in [7, 11) is 0. The Kier molecular flexibility index (Phi) is 8.08. The lowest BCUT2D eigenvalue weighted by Gasteiger charge is -2.34. The molecule has 0 radical (unpaired) electrons. The number of hydrogen-bond donors (Lipinski definition) is 1. The molecule has 3 rings (SSSR count). The number of anilines is 1. The van der Waals surface area contributed by atoms with Gasteiger partial charge in [-0.25, -0.2) is 23.1 Å². The normalized spacial score (nSPS) is 17.8. The molecular formula is C21H19ClF6N4O3. The topological polar surface area (TPSA) is 84.4 Å². The van der Waals surface area contributed by atoms with Crippen LogP contribution in [-0.4, -0.2) is 45.7 Å². The lowest BCUT2D eigenvalue weighted by atomic mass is 9.92. The Balaban J connectivity index is 1.96. The fraction of sp³-hybridized carbons (Fsp3) is 0.429. The average molecular weight is 525 g/mol. The van der Waals surface area contributed by atoms with E-state index in [1.165, 1.54) is 12.4 Å². The molecule has 1 saturated carbocycles. The van der Waals surface area contributed by atoms with E-state index in [4.69, 9.17) is 11.6 Å². The molecule has 1 aromatic heterocycles. The van der Waals surface area contributed by atoms with Crippen molar-refractivity contribution in [3.05, 3.63) is 48.5 Å². The molecule has 0 unspecified atom stereocenters. The molecule has 0 spiro atoms. The minimum Gasteiger partial charge on any atom is -0.406 e. The summed E-state index contributed by atoms with van der Waals surface area (Å²) in [6, 6.07) is 1.48. The third kappa shape index (κ3) is 7.20. The highest BCUT2D eigenvalue weighted by molar-refractivity contribution is 6.32. The predicted molar refractivity (Wildman–Crippen MR) is 111 cm³/mol. The number of hydrogen-bond acceptors (Lipinski definition) is 5. The van der Waals surface area contributed by atoms with Crippen LogP contribution >= 0.6 is 11.6 Å². The summed E-state index contributed by atoms with van der Waals surface area (Å²) in [4.78, 5) is 34.2. The number of carbonyl (C=O) groups is 2. The number of rotatable bonds is 7. The number of benzene rings is 1. The van der Waals surface area contributed by atoms with E-state index in [0.29, 0.717) is 4.90 Å². The van der Waals surface area contributed by atoms with Crippen LogP contribution in [0.25, 0.3) is 0 Å². The summed E-state index contributed by atoms with van der Waals surface area (Å²) in [6.45, 7) is 0. The lowest BCUT2D eigenvalue weighted by Crippen LogP contribution is -2.49. The number of nitrogens with one attached hydrogen (secondary N) is 1. The van der Waals surface area contributed by atoms with Gasteiger partial charge in [-0.3, -0.25) is 14.5 Å². The minimum absolute atomic E-state index is 0.0208. The highest BCUT2D eigenvalue weighted by Crippen LogP contribution is 2.35. The molecule has 2 amide bonds. The maximum absolute atomic E-state index is 14.0. The van der Waals surface area contributed by atoms with E-state index >= 15 is 0 Å². The SMILES string of the molecule is O=C(NC1CCC(F)(F)CC1)[C@@H](c1cncnc1)N(C(=O)[C@H](F)Cl)c1ccc(OC(F)(F)F)cc1. The second-order valence-corrected chi connectivity index (χ2v) is 8.15. The van der Waals surface area contributed by atoms with Crippen molar-refractivity contribution in [3.63, 3.8) is 0 Å². The van der Waals surface area contributed by atoms with Crippen LogP contribution in [0.1, 0.15) is 37.3 Å². The number of halogens is 7. The quantitative estimate of drug-likeness (QED) is 0.420. The third-order valence-electron chi connectivity index (χ3n) is 5.24. The molecule has 7 nitrogen and oxygen atoms in total. The molecule has 1 fully saturated rings. The second kappa shape index (κ2) is 10.7. The monoisotopic (exact) mass is 524 g/mol. The Hall–Kier alpha value is -3.09. The third-order valence-corrected chi connectivity index (χ3v) is 5.43. The molecule has 1 heterocycles. The Morgan fingerprint density at radius 1 is 1.11 bits per heavy atom. The molecule has 1 aromatic carbocycles. The Morgan fingerprint density at radius 3 is 2.20 bits per heavy atom. The molecule has 0 aliphatic heterocycles. The van der Waals surface area contributed by atoms with Gasteiger partial charge in [0, 0.05) is 42.5 Å². The molecule has 1 N–H and O–H groups in total. The van der Waals surface area contributed by atoms with Gasteiger partial charge in [-0.2, -0.15) is 0 Å². The molecule has 0 bridgehead atoms. The largest absolute Gasteiger partial charge is 0.573 e. The molecular weight excluding hydrogens is 506 g/mol. The van der Waals surface area contributed by atoms with Gasteiger partial charge >= 0.3 is 6.36 Å². The molecule has 2 aromatic rings. The molecule has 2 atom stereocenters. The van der Waals surface area contributed by atoms with E-state index in [0.717, 1.165) is 30.6 Å². The van der Waals surface area contributed by atoms with Gasteiger partial charge in [0.05, 0.1) is 0 Å². The first-order valence-electron chi connectivity index (χ1n) is 10.3. The predicted octanol–water partition coefficient (Wildman–Crippen LogP) is 4.68. The van der Waals surface area contributed by atoms with Crippen LogP contribution in [0.5, 0.6) is 5.75 Å². The minimum atomic E-state index is -4.97. The maximum Gasteiger partial charge on any atom is 0.573 e. The summed E-state index contributed by atoms with van der Waals surface area (Å²) in [6.07, 6.45) is -2.45. The van der Waals surface area contributed by atoms with Crippen LogP contribution in [0.3, 0.4) is 0 Å². The smallest absolute Gasteiger partial charge is 0.406 e. The number of nitrogens with zero attached hydrogens (tertiary/aromatic N) is 3. The van der Waals surface area contributed by atoms with Crippen LogP contribution in [-0.2, 0) is 9.59 Å². The standard InChI is InChI=1S/C21H19ClF6N4O3/c22-17(23)19(34)32(14-1-3-15(4-2-14)35-21(26,27)28)16(12-9-29-11-30-10-12)18(33)31-13-5-7-20(24,25)8-6-13/h1-4,9-11,13,16-17H,5-8H2,(H,31,33)/t16-,17+/m1/s1. The number of ether oxygens (including phenoxy) is 1. The molecule has 14 heteroatoms. The van der Waals surface area contributed by atoms with E-state index in [1.54, 1.807) is 0 Å². The summed E-state index contributed by atoms with van der Waals surface area (Å²) < 4.78 is 82.2. The van der Waals surface area contributed by atoms with Gasteiger partial charge in [-0.05, 0) is 37.1 Å². The molecule has 1 aliphatic rings. The Bertz CT molecular complexity index is 1010. The van der Waals surface area contributed by atoms with Gasteiger partial charge in [-0.1, -0.05) is 11.6 Å². The van der Waals surface area contributed by atoms with Gasteiger partial charge in [0.15, 0.2) is 0 Å². The zero-order chi connectivity index (χ0) is 25.8. The summed E-state index contributed by atoms with van der Waals surface area (Å²) in [5.74, 6) is -5.73. The first-order chi connectivity index (χ1) is 16.4. The molecule has 190 valence electrons. The summed E-state index contributed by atoms with van der Waals surface area (Å²) in [5, 5.41) is 2.58. The Morgan fingerprint density at radius 2 is 1.69 bits per heavy atom. The molecule has 0 saturated heterocycles. The van der Waals surface area contributed by atoms with Crippen molar-refractivity contribution in [1.82, 2.24) is 15.3 Å². The van der Waals surface area contributed by atoms with Crippen molar-refractivity contribution in [3.8, 4) is 5.75 Å². The van der Waals surface area contributed by atoms with Crippen LogP contribution in [0.4, 0.5) is 32.0 Å². The van der Waals surface area contributed by atoms with Crippen molar-refractivity contribution >= 4 is 29.1 Å². The van der Waals surface area contributed by atoms with Crippen molar-refractivity contribution in [1.29, 1.82) is 0 Å². The first kappa shape index (κ1) is 26.5. The van der Waals surface area contributed by atoms with Crippen molar-refractivity contribution in [2.24, 2.45) is 0 Å². The van der Waals surface area contributed by atoms with Gasteiger partial charge in [0.2, 0.25) is 11.8 Å². The van der Waals surface area contributed by atoms with E-state index in [-0.39, 0.29) is 24.1 Å². The van der Waals surface area contributed by atoms with Crippen molar-refractivity contribution in [2.45, 2.75) is 55.7 Å². The van der Waals surface area contributed by atoms with Crippen molar-refractivity contribution < 1.29 is 40.7 Å². The summed E-state index contributed by atoms with van der Waals surface area (Å²) in [5.41, 5.74) is -2.78. The average Bonchev–Trinajstić information content (AvgIpc) is 2.78. The van der Waals surface area contributed by atoms with Crippen LogP contribution in [0, 0.1) is 0 Å². The van der Waals surface area contributed by atoms with E-state index in [9.17, 15) is 35.9 Å². The summed E-state index contributed by atoms with van der Waals surface area (Å²) >= 11 is 5.37.